The van der Waals surface area contributed by atoms with Crippen molar-refractivity contribution in [3.63, 3.8) is 0 Å². The Morgan fingerprint density at radius 1 is 1.44 bits per heavy atom. The quantitative estimate of drug-likeness (QED) is 0.739. The molecule has 1 heterocycles. The van der Waals surface area contributed by atoms with E-state index in [0.29, 0.717) is 12.5 Å². The van der Waals surface area contributed by atoms with E-state index >= 15 is 0 Å². The molecule has 2 unspecified atom stereocenters. The number of rotatable bonds is 6. The summed E-state index contributed by atoms with van der Waals surface area (Å²) in [5.41, 5.74) is 0. The van der Waals surface area contributed by atoms with Crippen molar-refractivity contribution in [2.24, 2.45) is 0 Å². The zero-order valence-corrected chi connectivity index (χ0v) is 12.1. The molecule has 1 fully saturated rings. The van der Waals surface area contributed by atoms with E-state index in [0.717, 1.165) is 19.4 Å². The third-order valence-electron chi connectivity index (χ3n) is 3.09. The van der Waals surface area contributed by atoms with Crippen molar-refractivity contribution in [1.82, 2.24) is 10.6 Å². The minimum absolute atomic E-state index is 0.000415. The predicted molar refractivity (Wildman–Crippen MR) is 72.2 cm³/mol. The van der Waals surface area contributed by atoms with Crippen LogP contribution in [-0.4, -0.2) is 45.0 Å². The number of piperidine rings is 1. The summed E-state index contributed by atoms with van der Waals surface area (Å²) in [4.78, 5) is 11.6. The Bertz CT molecular complexity index is 362. The first-order valence-corrected chi connectivity index (χ1v) is 8.63. The summed E-state index contributed by atoms with van der Waals surface area (Å²) in [7, 11) is -3.03. The summed E-state index contributed by atoms with van der Waals surface area (Å²) in [5.74, 6) is -0.0565. The van der Waals surface area contributed by atoms with Gasteiger partial charge in [0, 0.05) is 24.8 Å². The maximum Gasteiger partial charge on any atom is 0.220 e. The molecule has 0 bridgehead atoms. The molecule has 5 nitrogen and oxygen atoms in total. The number of carbonyl (C=O) groups is 1. The van der Waals surface area contributed by atoms with E-state index in [-0.39, 0.29) is 17.7 Å². The van der Waals surface area contributed by atoms with Crippen LogP contribution in [0.1, 0.15) is 39.0 Å². The lowest BCUT2D eigenvalue weighted by Gasteiger charge is -2.23. The van der Waals surface area contributed by atoms with Crippen molar-refractivity contribution < 1.29 is 13.2 Å². The van der Waals surface area contributed by atoms with Crippen molar-refractivity contribution in [2.75, 3.05) is 18.6 Å². The van der Waals surface area contributed by atoms with Crippen LogP contribution in [0.15, 0.2) is 0 Å². The zero-order valence-electron chi connectivity index (χ0n) is 11.2. The summed E-state index contributed by atoms with van der Waals surface area (Å²) in [6, 6.07) is 0.126. The van der Waals surface area contributed by atoms with Gasteiger partial charge in [-0.25, -0.2) is 8.42 Å². The van der Waals surface area contributed by atoms with Gasteiger partial charge in [0.1, 0.15) is 9.84 Å². The van der Waals surface area contributed by atoms with Crippen molar-refractivity contribution >= 4 is 15.7 Å². The van der Waals surface area contributed by atoms with Gasteiger partial charge in [-0.2, -0.15) is 0 Å². The Balaban J connectivity index is 2.20. The predicted octanol–water partition coefficient (Wildman–Crippen LogP) is 0.458. The lowest BCUT2D eigenvalue weighted by atomic mass is 10.0. The first-order chi connectivity index (χ1) is 8.37. The van der Waals surface area contributed by atoms with E-state index in [2.05, 4.69) is 10.6 Å². The van der Waals surface area contributed by atoms with Crippen LogP contribution in [0.25, 0.3) is 0 Å². The molecular weight excluding hydrogens is 252 g/mol. The number of hydrogen-bond acceptors (Lipinski definition) is 4. The number of nitrogens with one attached hydrogen (secondary N) is 2. The summed E-state index contributed by atoms with van der Waals surface area (Å²) < 4.78 is 22.1. The Morgan fingerprint density at radius 2 is 2.17 bits per heavy atom. The molecule has 2 N–H and O–H groups in total. The molecule has 0 aromatic carbocycles. The van der Waals surface area contributed by atoms with Crippen LogP contribution in [0, 0.1) is 0 Å². The van der Waals surface area contributed by atoms with Gasteiger partial charge in [-0.3, -0.25) is 4.79 Å². The zero-order chi connectivity index (χ0) is 13.6. The second-order valence-corrected chi connectivity index (χ2v) is 7.43. The average Bonchev–Trinajstić information content (AvgIpc) is 2.25. The van der Waals surface area contributed by atoms with Gasteiger partial charge in [-0.1, -0.05) is 6.42 Å². The summed E-state index contributed by atoms with van der Waals surface area (Å²) in [6.07, 6.45) is 6.05. The van der Waals surface area contributed by atoms with Gasteiger partial charge in [0.15, 0.2) is 0 Å². The molecule has 6 heteroatoms. The van der Waals surface area contributed by atoms with Crippen molar-refractivity contribution in [1.29, 1.82) is 0 Å². The molecule has 2 atom stereocenters. The third-order valence-corrected chi connectivity index (χ3v) is 4.20. The Kier molecular flexibility index (Phi) is 6.08. The number of hydrogen-bond donors (Lipinski definition) is 2. The maximum atomic E-state index is 11.6. The summed E-state index contributed by atoms with van der Waals surface area (Å²) in [5, 5.41) is 6.12. The SMILES string of the molecule is CC(CS(C)(=O)=O)NC(=O)CCC1CCCCN1. The molecule has 18 heavy (non-hydrogen) atoms. The summed E-state index contributed by atoms with van der Waals surface area (Å²) in [6.45, 7) is 2.76. The normalized spacial score (nSPS) is 22.4. The Hall–Kier alpha value is -0.620. The highest BCUT2D eigenvalue weighted by Crippen LogP contribution is 2.11. The number of amides is 1. The van der Waals surface area contributed by atoms with Crippen molar-refractivity contribution in [2.45, 2.75) is 51.1 Å². The Labute approximate surface area is 110 Å². The first-order valence-electron chi connectivity index (χ1n) is 6.57. The highest BCUT2D eigenvalue weighted by molar-refractivity contribution is 7.90. The minimum atomic E-state index is -3.03. The minimum Gasteiger partial charge on any atom is -0.353 e. The van der Waals surface area contributed by atoms with Gasteiger partial charge in [0.05, 0.1) is 5.75 Å². The highest BCUT2D eigenvalue weighted by Gasteiger charge is 2.16. The lowest BCUT2D eigenvalue weighted by molar-refractivity contribution is -0.121. The molecule has 1 saturated heterocycles. The molecule has 0 aromatic rings. The van der Waals surface area contributed by atoms with Gasteiger partial charge in [-0.15, -0.1) is 0 Å². The van der Waals surface area contributed by atoms with Crippen molar-refractivity contribution in [3.05, 3.63) is 0 Å². The van der Waals surface area contributed by atoms with Crippen LogP contribution in [0.5, 0.6) is 0 Å². The number of carbonyl (C=O) groups excluding carboxylic acids is 1. The highest BCUT2D eigenvalue weighted by atomic mass is 32.2. The first kappa shape index (κ1) is 15.4. The molecule has 106 valence electrons. The average molecular weight is 276 g/mol. The van der Waals surface area contributed by atoms with E-state index in [9.17, 15) is 13.2 Å². The van der Waals surface area contributed by atoms with E-state index in [1.807, 2.05) is 0 Å². The number of sulfone groups is 1. The van der Waals surface area contributed by atoms with Gasteiger partial charge in [0.25, 0.3) is 0 Å². The molecule has 0 aromatic heterocycles. The van der Waals surface area contributed by atoms with E-state index in [1.165, 1.54) is 19.1 Å². The molecule has 0 saturated carbocycles. The van der Waals surface area contributed by atoms with Crippen molar-refractivity contribution in [3.8, 4) is 0 Å². The molecular formula is C12H24N2O3S. The maximum absolute atomic E-state index is 11.6. The fourth-order valence-electron chi connectivity index (χ4n) is 2.32. The molecule has 0 aliphatic carbocycles. The van der Waals surface area contributed by atoms with E-state index < -0.39 is 9.84 Å². The summed E-state index contributed by atoms with van der Waals surface area (Å²) >= 11 is 0. The fraction of sp³-hybridized carbons (Fsp3) is 0.917. The second-order valence-electron chi connectivity index (χ2n) is 5.25. The van der Waals surface area contributed by atoms with E-state index in [4.69, 9.17) is 0 Å². The topological polar surface area (TPSA) is 75.3 Å². The van der Waals surface area contributed by atoms with Crippen LogP contribution in [-0.2, 0) is 14.6 Å². The standard InChI is InChI=1S/C12H24N2O3S/c1-10(9-18(2,16)17)14-12(15)7-6-11-5-3-4-8-13-11/h10-11,13H,3-9H2,1-2H3,(H,14,15). The third kappa shape index (κ3) is 6.96. The largest absolute Gasteiger partial charge is 0.353 e. The molecule has 0 spiro atoms. The Morgan fingerprint density at radius 3 is 2.72 bits per heavy atom. The molecule has 1 aliphatic heterocycles. The molecule has 0 radical (unpaired) electrons. The lowest BCUT2D eigenvalue weighted by Crippen LogP contribution is -2.39. The monoisotopic (exact) mass is 276 g/mol. The van der Waals surface area contributed by atoms with Gasteiger partial charge in [-0.05, 0) is 32.7 Å². The molecule has 1 rings (SSSR count). The van der Waals surface area contributed by atoms with Crippen LogP contribution in [0.4, 0.5) is 0 Å². The van der Waals surface area contributed by atoms with Crippen LogP contribution in [0.2, 0.25) is 0 Å². The van der Waals surface area contributed by atoms with Crippen LogP contribution < -0.4 is 10.6 Å². The van der Waals surface area contributed by atoms with Gasteiger partial charge < -0.3 is 10.6 Å². The van der Waals surface area contributed by atoms with Crippen LogP contribution in [0.3, 0.4) is 0 Å². The second kappa shape index (κ2) is 7.09. The molecule has 1 amide bonds. The smallest absolute Gasteiger partial charge is 0.220 e. The van der Waals surface area contributed by atoms with Gasteiger partial charge in [0.2, 0.25) is 5.91 Å². The molecule has 1 aliphatic rings. The fourth-order valence-corrected chi connectivity index (χ4v) is 3.31. The van der Waals surface area contributed by atoms with Gasteiger partial charge >= 0.3 is 0 Å². The van der Waals surface area contributed by atoms with E-state index in [1.54, 1.807) is 6.92 Å². The van der Waals surface area contributed by atoms with Crippen LogP contribution >= 0.6 is 0 Å².